The minimum Gasteiger partial charge on any atom is -0.492 e. The molecule has 0 saturated carbocycles. The molecule has 4 nitrogen and oxygen atoms in total. The van der Waals surface area contributed by atoms with Crippen LogP contribution >= 0.6 is 0 Å². The molecule has 1 aromatic rings. The van der Waals surface area contributed by atoms with Crippen molar-refractivity contribution in [1.29, 1.82) is 5.26 Å². The molecule has 0 spiro atoms. The summed E-state index contributed by atoms with van der Waals surface area (Å²) in [7, 11) is 0. The van der Waals surface area contributed by atoms with Crippen molar-refractivity contribution in [3.63, 3.8) is 0 Å². The molecule has 0 radical (unpaired) electrons. The van der Waals surface area contributed by atoms with Gasteiger partial charge in [-0.2, -0.15) is 5.26 Å². The van der Waals surface area contributed by atoms with Gasteiger partial charge in [0.25, 0.3) is 0 Å². The highest BCUT2D eigenvalue weighted by atomic mass is 16.5. The van der Waals surface area contributed by atoms with Crippen molar-refractivity contribution in [2.45, 2.75) is 13.8 Å². The molecule has 0 aliphatic rings. The summed E-state index contributed by atoms with van der Waals surface area (Å²) in [6.45, 7) is 9.03. The van der Waals surface area contributed by atoms with E-state index in [9.17, 15) is 0 Å². The van der Waals surface area contributed by atoms with Gasteiger partial charge in [-0.25, -0.2) is 0 Å². The number of benzene rings is 1. The second-order valence-electron chi connectivity index (χ2n) is 4.12. The van der Waals surface area contributed by atoms with Gasteiger partial charge in [0, 0.05) is 19.7 Å². The summed E-state index contributed by atoms with van der Waals surface area (Å²) in [4.78, 5) is 2.28. The molecule has 0 saturated heterocycles. The Morgan fingerprint density at radius 1 is 1.21 bits per heavy atom. The summed E-state index contributed by atoms with van der Waals surface area (Å²) in [5, 5.41) is 8.81. The van der Waals surface area contributed by atoms with Crippen molar-refractivity contribution >= 4 is 0 Å². The van der Waals surface area contributed by atoms with E-state index < -0.39 is 0 Å². The molecule has 19 heavy (non-hydrogen) atoms. The highest BCUT2D eigenvalue weighted by molar-refractivity contribution is 5.36. The third kappa shape index (κ3) is 6.23. The molecule has 0 atom stereocenters. The lowest BCUT2D eigenvalue weighted by atomic mass is 10.2. The van der Waals surface area contributed by atoms with Gasteiger partial charge in [0.1, 0.15) is 12.4 Å². The first-order valence-electron chi connectivity index (χ1n) is 6.73. The third-order valence-electron chi connectivity index (χ3n) is 2.84. The summed E-state index contributed by atoms with van der Waals surface area (Å²) >= 11 is 0. The molecule has 0 fully saturated rings. The molecule has 1 rings (SSSR count). The van der Waals surface area contributed by atoms with Crippen molar-refractivity contribution < 1.29 is 9.47 Å². The minimum absolute atomic E-state index is 0.620. The Bertz CT molecular complexity index is 401. The van der Waals surface area contributed by atoms with E-state index in [0.717, 1.165) is 38.6 Å². The molecule has 0 unspecified atom stereocenters. The van der Waals surface area contributed by atoms with Gasteiger partial charge in [-0.3, -0.25) is 4.90 Å². The Balaban J connectivity index is 2.29. The maximum Gasteiger partial charge on any atom is 0.120 e. The fourth-order valence-electron chi connectivity index (χ4n) is 1.71. The zero-order chi connectivity index (χ0) is 13.9. The zero-order valence-electron chi connectivity index (χ0n) is 11.8. The molecule has 1 aromatic carbocycles. The normalized spacial score (nSPS) is 10.4. The first-order chi connectivity index (χ1) is 9.30. The van der Waals surface area contributed by atoms with Crippen LogP contribution in [-0.4, -0.2) is 44.4 Å². The van der Waals surface area contributed by atoms with E-state index in [1.807, 2.05) is 19.1 Å². The highest BCUT2D eigenvalue weighted by Crippen LogP contribution is 2.12. The fraction of sp³-hybridized carbons (Fsp3) is 0.533. The average Bonchev–Trinajstić information content (AvgIpc) is 2.46. The molecule has 0 N–H and O–H groups in total. The van der Waals surface area contributed by atoms with Crippen LogP contribution in [0.4, 0.5) is 0 Å². The number of nitriles is 1. The summed E-state index contributed by atoms with van der Waals surface area (Å²) in [5.41, 5.74) is 0.626. The Labute approximate surface area is 115 Å². The molecule has 0 aliphatic carbocycles. The monoisotopic (exact) mass is 262 g/mol. The lowest BCUT2D eigenvalue weighted by Crippen LogP contribution is -2.31. The van der Waals surface area contributed by atoms with Gasteiger partial charge in [-0.1, -0.05) is 13.0 Å². The van der Waals surface area contributed by atoms with Crippen LogP contribution < -0.4 is 4.74 Å². The largest absolute Gasteiger partial charge is 0.492 e. The second-order valence-corrected chi connectivity index (χ2v) is 4.12. The number of hydrogen-bond donors (Lipinski definition) is 0. The first-order valence-corrected chi connectivity index (χ1v) is 6.73. The van der Waals surface area contributed by atoms with Crippen LogP contribution in [0.2, 0.25) is 0 Å². The Morgan fingerprint density at radius 3 is 2.68 bits per heavy atom. The van der Waals surface area contributed by atoms with E-state index in [-0.39, 0.29) is 0 Å². The molecule has 0 heterocycles. The highest BCUT2D eigenvalue weighted by Gasteiger charge is 2.03. The number of rotatable bonds is 9. The zero-order valence-corrected chi connectivity index (χ0v) is 11.8. The Hall–Kier alpha value is -1.57. The molecule has 0 aliphatic heterocycles. The van der Waals surface area contributed by atoms with Gasteiger partial charge in [-0.05, 0) is 31.7 Å². The third-order valence-corrected chi connectivity index (χ3v) is 2.84. The maximum atomic E-state index is 8.81. The predicted octanol–water partition coefficient (Wildman–Crippen LogP) is 2.30. The summed E-state index contributed by atoms with van der Waals surface area (Å²) in [6, 6.07) is 9.34. The number of hydrogen-bond acceptors (Lipinski definition) is 4. The molecule has 104 valence electrons. The molecule has 4 heteroatoms. The van der Waals surface area contributed by atoms with Crippen LogP contribution in [0.25, 0.3) is 0 Å². The quantitative estimate of drug-likeness (QED) is 0.641. The molecule has 0 bridgehead atoms. The SMILES string of the molecule is CCOCCN(CC)CCOc1cccc(C#N)c1. The molecular weight excluding hydrogens is 240 g/mol. The maximum absolute atomic E-state index is 8.81. The summed E-state index contributed by atoms with van der Waals surface area (Å²) < 4.78 is 11.0. The van der Waals surface area contributed by atoms with E-state index in [1.54, 1.807) is 12.1 Å². The second kappa shape index (κ2) is 9.37. The van der Waals surface area contributed by atoms with Gasteiger partial charge in [-0.15, -0.1) is 0 Å². The number of ether oxygens (including phenoxy) is 2. The topological polar surface area (TPSA) is 45.5 Å². The molecular formula is C15H22N2O2. The van der Waals surface area contributed by atoms with Crippen LogP contribution in [0.15, 0.2) is 24.3 Å². The van der Waals surface area contributed by atoms with Crippen LogP contribution in [0.1, 0.15) is 19.4 Å². The van der Waals surface area contributed by atoms with E-state index in [1.165, 1.54) is 0 Å². The smallest absolute Gasteiger partial charge is 0.120 e. The standard InChI is InChI=1S/C15H22N2O2/c1-3-17(8-10-18-4-2)9-11-19-15-7-5-6-14(12-15)13-16/h5-7,12H,3-4,8-11H2,1-2H3. The van der Waals surface area contributed by atoms with E-state index in [2.05, 4.69) is 17.9 Å². The predicted molar refractivity (Wildman–Crippen MR) is 75.3 cm³/mol. The van der Waals surface area contributed by atoms with Gasteiger partial charge in [0.15, 0.2) is 0 Å². The van der Waals surface area contributed by atoms with Crippen molar-refractivity contribution in [1.82, 2.24) is 4.90 Å². The Morgan fingerprint density at radius 2 is 2.00 bits per heavy atom. The van der Waals surface area contributed by atoms with Gasteiger partial charge in [0.2, 0.25) is 0 Å². The van der Waals surface area contributed by atoms with E-state index >= 15 is 0 Å². The minimum atomic E-state index is 0.620. The molecule has 0 aromatic heterocycles. The molecule has 0 amide bonds. The van der Waals surface area contributed by atoms with E-state index in [4.69, 9.17) is 14.7 Å². The summed E-state index contributed by atoms with van der Waals surface area (Å²) in [6.07, 6.45) is 0. The number of likely N-dealkylation sites (N-methyl/N-ethyl adjacent to an activating group) is 1. The van der Waals surface area contributed by atoms with Gasteiger partial charge >= 0.3 is 0 Å². The fourth-order valence-corrected chi connectivity index (χ4v) is 1.71. The van der Waals surface area contributed by atoms with Crippen molar-refractivity contribution in [3.05, 3.63) is 29.8 Å². The van der Waals surface area contributed by atoms with Crippen LogP contribution in [0.5, 0.6) is 5.75 Å². The van der Waals surface area contributed by atoms with Gasteiger partial charge < -0.3 is 9.47 Å². The van der Waals surface area contributed by atoms with Crippen molar-refractivity contribution in [2.24, 2.45) is 0 Å². The lowest BCUT2D eigenvalue weighted by Gasteiger charge is -2.20. The van der Waals surface area contributed by atoms with Crippen molar-refractivity contribution in [3.8, 4) is 11.8 Å². The van der Waals surface area contributed by atoms with Gasteiger partial charge in [0.05, 0.1) is 18.2 Å². The summed E-state index contributed by atoms with van der Waals surface area (Å²) in [5.74, 6) is 0.750. The lowest BCUT2D eigenvalue weighted by molar-refractivity contribution is 0.108. The average molecular weight is 262 g/mol. The van der Waals surface area contributed by atoms with Crippen LogP contribution in [0, 0.1) is 11.3 Å². The Kier molecular flexibility index (Phi) is 7.64. The number of nitrogens with zero attached hydrogens (tertiary/aromatic N) is 2. The van der Waals surface area contributed by atoms with Crippen molar-refractivity contribution in [2.75, 3.05) is 39.5 Å². The van der Waals surface area contributed by atoms with E-state index in [0.29, 0.717) is 12.2 Å². The first kappa shape index (κ1) is 15.5. The van der Waals surface area contributed by atoms with Crippen LogP contribution in [0.3, 0.4) is 0 Å². The van der Waals surface area contributed by atoms with Crippen LogP contribution in [-0.2, 0) is 4.74 Å².